The molecule has 4 aliphatic rings. The summed E-state index contributed by atoms with van der Waals surface area (Å²) in [7, 11) is 0. The zero-order valence-corrected chi connectivity index (χ0v) is 16.3. The first-order chi connectivity index (χ1) is 11.7. The third kappa shape index (κ3) is 2.22. The minimum atomic E-state index is -0.454. The number of rotatable bonds is 1. The Hall–Kier alpha value is -0.900. The molecule has 4 aliphatic carbocycles. The Labute approximate surface area is 155 Å². The Morgan fingerprint density at radius 3 is 2.60 bits per heavy atom. The molecule has 3 fully saturated rings. The van der Waals surface area contributed by atoms with Crippen molar-refractivity contribution in [3.63, 3.8) is 0 Å². The standard InChI is InChI=1S/C21H28O3S/c1-11-8-16-14-5-4-12-9-13(22)10-17(23)21(12,3)15(14)6-7-20(16,2)18(11)19(24)25/h9,11,14-16,18H,4-8,10H2,1-3H3,(H,24,25)/t11?,14-,15+,16+,18?,20+,21+/m1/s1. The molecular formula is C21H28O3S. The predicted octanol–water partition coefficient (Wildman–Crippen LogP) is 4.02. The molecule has 0 aromatic heterocycles. The summed E-state index contributed by atoms with van der Waals surface area (Å²) in [6.45, 7) is 6.57. The van der Waals surface area contributed by atoms with Crippen molar-refractivity contribution in [2.24, 2.45) is 40.4 Å². The van der Waals surface area contributed by atoms with Crippen LogP contribution >= 0.6 is 12.6 Å². The van der Waals surface area contributed by atoms with Gasteiger partial charge in [0.2, 0.25) is 0 Å². The van der Waals surface area contributed by atoms with Crippen LogP contribution in [0.2, 0.25) is 0 Å². The number of fused-ring (bicyclic) bond motifs is 5. The minimum absolute atomic E-state index is 0.0184. The fourth-order valence-electron chi connectivity index (χ4n) is 7.31. The van der Waals surface area contributed by atoms with Crippen LogP contribution < -0.4 is 0 Å². The minimum Gasteiger partial charge on any atom is -0.298 e. The number of carbonyl (C=O) groups excluding carboxylic acids is 3. The van der Waals surface area contributed by atoms with Crippen molar-refractivity contribution in [3.8, 4) is 0 Å². The number of carbonyl (C=O) groups is 3. The third-order valence-electron chi connectivity index (χ3n) is 8.45. The monoisotopic (exact) mass is 360 g/mol. The van der Waals surface area contributed by atoms with Gasteiger partial charge in [-0.05, 0) is 74.2 Å². The molecule has 0 aromatic rings. The van der Waals surface area contributed by atoms with Crippen LogP contribution in [-0.4, -0.2) is 16.7 Å². The van der Waals surface area contributed by atoms with E-state index in [0.717, 1.165) is 37.7 Å². The molecule has 0 aliphatic heterocycles. The van der Waals surface area contributed by atoms with Gasteiger partial charge in [-0.15, -0.1) is 12.6 Å². The van der Waals surface area contributed by atoms with Gasteiger partial charge in [0.05, 0.1) is 11.8 Å². The van der Waals surface area contributed by atoms with Gasteiger partial charge in [-0.2, -0.15) is 0 Å². The molecule has 3 saturated carbocycles. The van der Waals surface area contributed by atoms with Crippen LogP contribution in [0.25, 0.3) is 0 Å². The molecule has 0 spiro atoms. The molecule has 0 amide bonds. The maximum atomic E-state index is 12.9. The lowest BCUT2D eigenvalue weighted by atomic mass is 9.46. The predicted molar refractivity (Wildman–Crippen MR) is 99.1 cm³/mol. The highest BCUT2D eigenvalue weighted by atomic mass is 32.1. The SMILES string of the molecule is CC1C[C@H]2[C@@H]3CCC4=CC(=O)CC(=O)[C@]4(C)[C@H]3CC[C@]2(C)C1C(=O)S. The molecular weight excluding hydrogens is 332 g/mol. The van der Waals surface area contributed by atoms with E-state index in [9.17, 15) is 14.4 Å². The normalized spacial score (nSPS) is 49.1. The lowest BCUT2D eigenvalue weighted by Crippen LogP contribution is -2.54. The van der Waals surface area contributed by atoms with E-state index in [4.69, 9.17) is 0 Å². The zero-order chi connectivity index (χ0) is 18.1. The van der Waals surface area contributed by atoms with E-state index < -0.39 is 5.41 Å². The highest BCUT2D eigenvalue weighted by Crippen LogP contribution is 2.67. The average Bonchev–Trinajstić information content (AvgIpc) is 2.79. The van der Waals surface area contributed by atoms with Crippen molar-refractivity contribution in [3.05, 3.63) is 11.6 Å². The van der Waals surface area contributed by atoms with Crippen molar-refractivity contribution in [1.82, 2.24) is 0 Å². The van der Waals surface area contributed by atoms with Gasteiger partial charge in [-0.25, -0.2) is 0 Å². The van der Waals surface area contributed by atoms with Crippen LogP contribution in [0.3, 0.4) is 0 Å². The molecule has 3 nitrogen and oxygen atoms in total. The second-order valence-corrected chi connectivity index (χ2v) is 9.87. The van der Waals surface area contributed by atoms with E-state index in [1.807, 2.05) is 0 Å². The summed E-state index contributed by atoms with van der Waals surface area (Å²) in [5, 5.41) is 0.0397. The quantitative estimate of drug-likeness (QED) is 0.568. The Morgan fingerprint density at radius 2 is 1.92 bits per heavy atom. The molecule has 136 valence electrons. The number of allylic oxidation sites excluding steroid dienone is 1. The van der Waals surface area contributed by atoms with E-state index in [-0.39, 0.29) is 34.4 Å². The maximum Gasteiger partial charge on any atom is 0.189 e. The van der Waals surface area contributed by atoms with E-state index in [2.05, 4.69) is 33.4 Å². The van der Waals surface area contributed by atoms with Crippen molar-refractivity contribution >= 4 is 29.3 Å². The Bertz CT molecular complexity index is 695. The van der Waals surface area contributed by atoms with Gasteiger partial charge in [0.15, 0.2) is 16.7 Å². The first-order valence-corrected chi connectivity index (χ1v) is 10.1. The maximum absolute atomic E-state index is 12.9. The molecule has 0 radical (unpaired) electrons. The molecule has 4 rings (SSSR count). The molecule has 4 heteroatoms. The van der Waals surface area contributed by atoms with Crippen molar-refractivity contribution in [2.45, 2.75) is 59.3 Å². The number of hydrogen-bond donors (Lipinski definition) is 1. The van der Waals surface area contributed by atoms with Gasteiger partial charge in [0, 0.05) is 5.92 Å². The van der Waals surface area contributed by atoms with Crippen LogP contribution in [0, 0.1) is 40.4 Å². The van der Waals surface area contributed by atoms with Crippen LogP contribution in [0.15, 0.2) is 11.6 Å². The summed E-state index contributed by atoms with van der Waals surface area (Å²) >= 11 is 4.22. The number of hydrogen-bond acceptors (Lipinski definition) is 3. The zero-order valence-electron chi connectivity index (χ0n) is 15.4. The topological polar surface area (TPSA) is 51.2 Å². The number of ketones is 2. The molecule has 0 N–H and O–H groups in total. The van der Waals surface area contributed by atoms with Crippen LogP contribution in [-0.2, 0) is 14.4 Å². The Balaban J connectivity index is 1.73. The summed E-state index contributed by atoms with van der Waals surface area (Å²) in [6.07, 6.45) is 6.78. The average molecular weight is 361 g/mol. The largest absolute Gasteiger partial charge is 0.298 e. The molecule has 7 atom stereocenters. The summed E-state index contributed by atoms with van der Waals surface area (Å²) < 4.78 is 0. The highest BCUT2D eigenvalue weighted by Gasteiger charge is 2.63. The van der Waals surface area contributed by atoms with Crippen molar-refractivity contribution in [2.75, 3.05) is 0 Å². The van der Waals surface area contributed by atoms with Crippen LogP contribution in [0.5, 0.6) is 0 Å². The molecule has 2 unspecified atom stereocenters. The van der Waals surface area contributed by atoms with Crippen molar-refractivity contribution < 1.29 is 14.4 Å². The second-order valence-electron chi connectivity index (χ2n) is 9.43. The summed E-state index contributed by atoms with van der Waals surface area (Å²) in [6, 6.07) is 0. The molecule has 25 heavy (non-hydrogen) atoms. The molecule has 0 saturated heterocycles. The smallest absolute Gasteiger partial charge is 0.189 e. The van der Waals surface area contributed by atoms with E-state index >= 15 is 0 Å². The number of thiol groups is 1. The van der Waals surface area contributed by atoms with Gasteiger partial charge in [-0.1, -0.05) is 19.4 Å². The van der Waals surface area contributed by atoms with E-state index in [1.54, 1.807) is 6.08 Å². The third-order valence-corrected chi connectivity index (χ3v) is 8.73. The first kappa shape index (κ1) is 17.5. The Morgan fingerprint density at radius 1 is 1.20 bits per heavy atom. The molecule has 0 aromatic carbocycles. The van der Waals surface area contributed by atoms with E-state index in [0.29, 0.717) is 23.7 Å². The molecule has 0 heterocycles. The molecule has 0 bridgehead atoms. The van der Waals surface area contributed by atoms with Gasteiger partial charge in [0.1, 0.15) is 0 Å². The van der Waals surface area contributed by atoms with Gasteiger partial charge in [0.25, 0.3) is 0 Å². The first-order valence-electron chi connectivity index (χ1n) is 9.69. The van der Waals surface area contributed by atoms with E-state index in [1.165, 1.54) is 0 Å². The van der Waals surface area contributed by atoms with Gasteiger partial charge >= 0.3 is 0 Å². The van der Waals surface area contributed by atoms with Crippen LogP contribution in [0.4, 0.5) is 0 Å². The summed E-state index contributed by atoms with van der Waals surface area (Å²) in [5.41, 5.74) is 0.640. The highest BCUT2D eigenvalue weighted by molar-refractivity contribution is 7.96. The van der Waals surface area contributed by atoms with Gasteiger partial charge in [-0.3, -0.25) is 14.4 Å². The number of Topliss-reactive ketones (excluding diaryl/α,β-unsaturated/α-hetero) is 1. The van der Waals surface area contributed by atoms with Crippen molar-refractivity contribution in [1.29, 1.82) is 0 Å². The summed E-state index contributed by atoms with van der Waals surface area (Å²) in [4.78, 5) is 37.0. The second kappa shape index (κ2) is 5.55. The fourth-order valence-corrected chi connectivity index (χ4v) is 7.86. The summed E-state index contributed by atoms with van der Waals surface area (Å²) in [5.74, 6) is 1.81. The van der Waals surface area contributed by atoms with Crippen LogP contribution in [0.1, 0.15) is 59.3 Å². The fraction of sp³-hybridized carbons (Fsp3) is 0.762. The van der Waals surface area contributed by atoms with Gasteiger partial charge < -0.3 is 0 Å². The lowest BCUT2D eigenvalue weighted by Gasteiger charge is -2.57. The Kier molecular flexibility index (Phi) is 3.89. The lowest BCUT2D eigenvalue weighted by molar-refractivity contribution is -0.141.